The van der Waals surface area contributed by atoms with Gasteiger partial charge >= 0.3 is 0 Å². The Morgan fingerprint density at radius 3 is 2.52 bits per heavy atom. The van der Waals surface area contributed by atoms with Crippen LogP contribution >= 0.6 is 11.8 Å². The number of carbonyl (C=O) groups is 3. The number of imide groups is 1. The van der Waals surface area contributed by atoms with Crippen LogP contribution in [0.4, 0.5) is 0 Å². The smallest absolute Gasteiger partial charge is 0.255 e. The number of fused-ring (bicyclic) bond motifs is 1. The minimum Gasteiger partial charge on any atom is -0.322 e. The molecule has 0 aromatic heterocycles. The summed E-state index contributed by atoms with van der Waals surface area (Å²) in [5.41, 5.74) is 4.18. The molecule has 1 unspecified atom stereocenters. The minimum absolute atomic E-state index is 0.125. The standard InChI is InChI=1S/C24H25N3O3S/c28-22-11-10-20(23(29)26-22)27-13-19-18(24(27)30)2-1-3-21(19)31-14-16-6-4-15(5-7-16)12-25-17-8-9-17/h1-7,17,20,25H,8-14H2,(H,26,28,29). The molecule has 5 rings (SSSR count). The Bertz CT molecular complexity index is 1030. The third kappa shape index (κ3) is 4.38. The highest BCUT2D eigenvalue weighted by Gasteiger charge is 2.39. The summed E-state index contributed by atoms with van der Waals surface area (Å²) in [6, 6.07) is 14.6. The van der Waals surface area contributed by atoms with Gasteiger partial charge in [-0.2, -0.15) is 0 Å². The first-order valence-electron chi connectivity index (χ1n) is 10.8. The molecule has 160 valence electrons. The zero-order valence-corrected chi connectivity index (χ0v) is 18.0. The number of hydrogen-bond acceptors (Lipinski definition) is 5. The number of nitrogens with one attached hydrogen (secondary N) is 2. The summed E-state index contributed by atoms with van der Waals surface area (Å²) < 4.78 is 0. The number of rotatable bonds is 7. The van der Waals surface area contributed by atoms with Gasteiger partial charge in [0.1, 0.15) is 6.04 Å². The average Bonchev–Trinajstić information content (AvgIpc) is 3.54. The molecular formula is C24H25N3O3S. The molecule has 0 radical (unpaired) electrons. The van der Waals surface area contributed by atoms with Crippen molar-refractivity contribution in [3.63, 3.8) is 0 Å². The molecule has 2 aliphatic heterocycles. The first-order valence-corrected chi connectivity index (χ1v) is 11.8. The molecule has 2 fully saturated rings. The zero-order chi connectivity index (χ0) is 21.4. The number of thioether (sulfide) groups is 1. The highest BCUT2D eigenvalue weighted by Crippen LogP contribution is 2.35. The first kappa shape index (κ1) is 20.3. The van der Waals surface area contributed by atoms with Crippen LogP contribution in [0.2, 0.25) is 0 Å². The van der Waals surface area contributed by atoms with Gasteiger partial charge in [-0.15, -0.1) is 11.8 Å². The predicted molar refractivity (Wildman–Crippen MR) is 118 cm³/mol. The molecule has 3 aliphatic rings. The number of piperidine rings is 1. The van der Waals surface area contributed by atoms with Crippen LogP contribution in [0.5, 0.6) is 0 Å². The molecule has 1 atom stereocenters. The zero-order valence-electron chi connectivity index (χ0n) is 17.2. The maximum absolute atomic E-state index is 12.9. The molecule has 31 heavy (non-hydrogen) atoms. The van der Waals surface area contributed by atoms with Crippen molar-refractivity contribution in [3.8, 4) is 0 Å². The van der Waals surface area contributed by atoms with Crippen LogP contribution in [0, 0.1) is 0 Å². The van der Waals surface area contributed by atoms with Gasteiger partial charge in [0.25, 0.3) is 5.91 Å². The number of benzene rings is 2. The van der Waals surface area contributed by atoms with E-state index in [0.717, 1.165) is 22.8 Å². The van der Waals surface area contributed by atoms with Crippen LogP contribution in [0.1, 0.15) is 52.7 Å². The van der Waals surface area contributed by atoms with E-state index in [9.17, 15) is 14.4 Å². The van der Waals surface area contributed by atoms with Crippen molar-refractivity contribution in [1.82, 2.24) is 15.5 Å². The van der Waals surface area contributed by atoms with Gasteiger partial charge in [0, 0.05) is 41.8 Å². The van der Waals surface area contributed by atoms with Gasteiger partial charge in [-0.05, 0) is 48.1 Å². The van der Waals surface area contributed by atoms with E-state index in [4.69, 9.17) is 0 Å². The van der Waals surface area contributed by atoms with Gasteiger partial charge in [0.2, 0.25) is 11.8 Å². The number of carbonyl (C=O) groups excluding carboxylic acids is 3. The average molecular weight is 436 g/mol. The van der Waals surface area contributed by atoms with Crippen LogP contribution in [0.3, 0.4) is 0 Å². The van der Waals surface area contributed by atoms with Crippen molar-refractivity contribution < 1.29 is 14.4 Å². The molecule has 2 aromatic carbocycles. The summed E-state index contributed by atoms with van der Waals surface area (Å²) in [5.74, 6) is 0.0534. The van der Waals surface area contributed by atoms with Crippen molar-refractivity contribution in [3.05, 3.63) is 64.7 Å². The lowest BCUT2D eigenvalue weighted by Gasteiger charge is -2.29. The lowest BCUT2D eigenvalue weighted by molar-refractivity contribution is -0.136. The highest BCUT2D eigenvalue weighted by atomic mass is 32.2. The van der Waals surface area contributed by atoms with Crippen LogP contribution in [-0.4, -0.2) is 34.7 Å². The largest absolute Gasteiger partial charge is 0.322 e. The first-order chi connectivity index (χ1) is 15.1. The van der Waals surface area contributed by atoms with E-state index < -0.39 is 6.04 Å². The molecule has 0 spiro atoms. The lowest BCUT2D eigenvalue weighted by Crippen LogP contribution is -2.52. The second-order valence-corrected chi connectivity index (χ2v) is 9.46. The normalized spacial score (nSPS) is 20.7. The molecule has 0 bridgehead atoms. The molecule has 1 saturated carbocycles. The topological polar surface area (TPSA) is 78.5 Å². The Kier molecular flexibility index (Phi) is 5.54. The molecule has 2 heterocycles. The molecule has 3 amide bonds. The van der Waals surface area contributed by atoms with Gasteiger partial charge in [-0.3, -0.25) is 19.7 Å². The number of nitrogens with zero attached hydrogens (tertiary/aromatic N) is 1. The third-order valence-electron chi connectivity index (χ3n) is 6.13. The summed E-state index contributed by atoms with van der Waals surface area (Å²) in [4.78, 5) is 39.3. The Hall–Kier alpha value is -2.64. The van der Waals surface area contributed by atoms with Crippen molar-refractivity contribution in [1.29, 1.82) is 0 Å². The van der Waals surface area contributed by atoms with Gasteiger partial charge in [0.15, 0.2) is 0 Å². The van der Waals surface area contributed by atoms with E-state index in [1.807, 2.05) is 18.2 Å². The second-order valence-electron chi connectivity index (χ2n) is 8.44. The molecule has 1 aliphatic carbocycles. The fourth-order valence-corrected chi connectivity index (χ4v) is 5.19. The molecule has 1 saturated heterocycles. The Labute approximate surface area is 185 Å². The van der Waals surface area contributed by atoms with Crippen LogP contribution in [0.25, 0.3) is 0 Å². The predicted octanol–water partition coefficient (Wildman–Crippen LogP) is 2.99. The second kappa shape index (κ2) is 8.48. The van der Waals surface area contributed by atoms with Crippen molar-refractivity contribution >= 4 is 29.5 Å². The van der Waals surface area contributed by atoms with E-state index in [-0.39, 0.29) is 24.1 Å². The van der Waals surface area contributed by atoms with E-state index >= 15 is 0 Å². The SMILES string of the molecule is O=C1CCC(N2Cc3c(SCc4ccc(CNC5CC5)cc4)cccc3C2=O)C(=O)N1. The molecule has 7 heteroatoms. The van der Waals surface area contributed by atoms with Gasteiger partial charge in [-0.1, -0.05) is 30.3 Å². The molecule has 6 nitrogen and oxygen atoms in total. The van der Waals surface area contributed by atoms with Crippen molar-refractivity contribution in [2.24, 2.45) is 0 Å². The number of hydrogen-bond donors (Lipinski definition) is 2. The Morgan fingerprint density at radius 1 is 1.00 bits per heavy atom. The highest BCUT2D eigenvalue weighted by molar-refractivity contribution is 7.98. The van der Waals surface area contributed by atoms with Gasteiger partial charge in [0.05, 0.1) is 0 Å². The van der Waals surface area contributed by atoms with Crippen LogP contribution < -0.4 is 10.6 Å². The Balaban J connectivity index is 1.25. The summed E-state index contributed by atoms with van der Waals surface area (Å²) in [5, 5.41) is 5.89. The summed E-state index contributed by atoms with van der Waals surface area (Å²) in [7, 11) is 0. The molecule has 2 aromatic rings. The summed E-state index contributed by atoms with van der Waals surface area (Å²) in [6.07, 6.45) is 3.23. The Morgan fingerprint density at radius 2 is 1.77 bits per heavy atom. The maximum Gasteiger partial charge on any atom is 0.255 e. The van der Waals surface area contributed by atoms with Gasteiger partial charge < -0.3 is 10.2 Å². The fourth-order valence-electron chi connectivity index (χ4n) is 4.16. The van der Waals surface area contributed by atoms with Gasteiger partial charge in [-0.25, -0.2) is 0 Å². The molecule has 2 N–H and O–H groups in total. The summed E-state index contributed by atoms with van der Waals surface area (Å²) in [6.45, 7) is 1.33. The van der Waals surface area contributed by atoms with Crippen LogP contribution in [0.15, 0.2) is 47.4 Å². The summed E-state index contributed by atoms with van der Waals surface area (Å²) >= 11 is 1.72. The van der Waals surface area contributed by atoms with Crippen LogP contribution in [-0.2, 0) is 28.4 Å². The minimum atomic E-state index is -0.577. The lowest BCUT2D eigenvalue weighted by atomic mass is 10.0. The van der Waals surface area contributed by atoms with E-state index in [1.165, 1.54) is 24.0 Å². The third-order valence-corrected chi connectivity index (χ3v) is 7.30. The quantitative estimate of drug-likeness (QED) is 0.516. The van der Waals surface area contributed by atoms with Crippen molar-refractivity contribution in [2.45, 2.75) is 61.5 Å². The fraction of sp³-hybridized carbons (Fsp3) is 0.375. The maximum atomic E-state index is 12.9. The van der Waals surface area contributed by atoms with Crippen molar-refractivity contribution in [2.75, 3.05) is 0 Å². The van der Waals surface area contributed by atoms with E-state index in [2.05, 4.69) is 34.9 Å². The number of amides is 3. The van der Waals surface area contributed by atoms with E-state index in [1.54, 1.807) is 16.7 Å². The monoisotopic (exact) mass is 435 g/mol. The molecular weight excluding hydrogens is 410 g/mol. The van der Waals surface area contributed by atoms with E-state index in [0.29, 0.717) is 24.6 Å².